The quantitative estimate of drug-likeness (QED) is 0.632. The molecule has 2 rings (SSSR count). The Balaban J connectivity index is 1.87. The van der Waals surface area contributed by atoms with Gasteiger partial charge in [0, 0.05) is 5.92 Å². The van der Waals surface area contributed by atoms with Crippen molar-refractivity contribution >= 4 is 11.9 Å². The van der Waals surface area contributed by atoms with Crippen molar-refractivity contribution in [1.82, 2.24) is 10.9 Å². The minimum absolute atomic E-state index is 0.0609. The van der Waals surface area contributed by atoms with Crippen LogP contribution < -0.4 is 16.6 Å². The van der Waals surface area contributed by atoms with E-state index < -0.39 is 6.03 Å². The summed E-state index contributed by atoms with van der Waals surface area (Å²) in [5.41, 5.74) is 10.4. The summed E-state index contributed by atoms with van der Waals surface area (Å²) >= 11 is 0. The molecule has 1 aromatic carbocycles. The van der Waals surface area contributed by atoms with Crippen LogP contribution in [-0.2, 0) is 4.79 Å². The van der Waals surface area contributed by atoms with E-state index in [2.05, 4.69) is 10.9 Å². The first-order valence-electron chi connectivity index (χ1n) is 5.08. The fraction of sp³-hybridized carbons (Fsp3) is 0.273. The number of primary amides is 1. The van der Waals surface area contributed by atoms with Gasteiger partial charge in [-0.15, -0.1) is 0 Å². The Bertz CT molecular complexity index is 405. The van der Waals surface area contributed by atoms with E-state index in [0.29, 0.717) is 0 Å². The molecule has 0 saturated heterocycles. The molecule has 1 saturated carbocycles. The summed E-state index contributed by atoms with van der Waals surface area (Å²) in [6.45, 7) is 0. The van der Waals surface area contributed by atoms with Gasteiger partial charge in [-0.05, 0) is 17.9 Å². The molecule has 1 aromatic rings. The molecule has 2 atom stereocenters. The third kappa shape index (κ3) is 2.31. The molecule has 5 nitrogen and oxygen atoms in total. The van der Waals surface area contributed by atoms with Gasteiger partial charge in [-0.1, -0.05) is 30.3 Å². The van der Waals surface area contributed by atoms with Crippen molar-refractivity contribution < 1.29 is 9.59 Å². The largest absolute Gasteiger partial charge is 0.350 e. The predicted molar refractivity (Wildman–Crippen MR) is 58.2 cm³/mol. The number of benzene rings is 1. The van der Waals surface area contributed by atoms with Gasteiger partial charge in [-0.25, -0.2) is 10.2 Å². The van der Waals surface area contributed by atoms with E-state index in [1.165, 1.54) is 0 Å². The van der Waals surface area contributed by atoms with Crippen LogP contribution in [0.4, 0.5) is 4.79 Å². The highest BCUT2D eigenvalue weighted by Crippen LogP contribution is 2.47. The van der Waals surface area contributed by atoms with Gasteiger partial charge in [-0.2, -0.15) is 0 Å². The van der Waals surface area contributed by atoms with Gasteiger partial charge in [0.2, 0.25) is 5.91 Å². The second kappa shape index (κ2) is 4.22. The number of nitrogens with one attached hydrogen (secondary N) is 2. The molecular weight excluding hydrogens is 206 g/mol. The normalized spacial score (nSPS) is 22.2. The van der Waals surface area contributed by atoms with Gasteiger partial charge in [0.05, 0.1) is 0 Å². The molecule has 0 spiro atoms. The molecule has 4 N–H and O–H groups in total. The minimum atomic E-state index is -0.759. The number of hydrazine groups is 1. The van der Waals surface area contributed by atoms with Crippen molar-refractivity contribution in [1.29, 1.82) is 0 Å². The molecule has 0 radical (unpaired) electrons. The maximum atomic E-state index is 11.5. The van der Waals surface area contributed by atoms with Gasteiger partial charge in [0.1, 0.15) is 0 Å². The Labute approximate surface area is 93.0 Å². The van der Waals surface area contributed by atoms with Crippen LogP contribution in [0.5, 0.6) is 0 Å². The van der Waals surface area contributed by atoms with Crippen molar-refractivity contribution in [3.63, 3.8) is 0 Å². The summed E-state index contributed by atoms with van der Waals surface area (Å²) in [5.74, 6) is 0.0118. The molecule has 1 fully saturated rings. The smallest absolute Gasteiger partial charge is 0.330 e. The molecule has 1 aliphatic rings. The Morgan fingerprint density at radius 2 is 1.88 bits per heavy atom. The van der Waals surface area contributed by atoms with E-state index in [1.807, 2.05) is 30.3 Å². The van der Waals surface area contributed by atoms with Crippen LogP contribution in [0, 0.1) is 5.92 Å². The Hall–Kier alpha value is -2.04. The number of rotatable bonds is 2. The highest BCUT2D eigenvalue weighted by Gasteiger charge is 2.43. The molecule has 16 heavy (non-hydrogen) atoms. The summed E-state index contributed by atoms with van der Waals surface area (Å²) in [7, 11) is 0. The van der Waals surface area contributed by atoms with Crippen LogP contribution >= 0.6 is 0 Å². The third-order valence-corrected chi connectivity index (χ3v) is 2.66. The first kappa shape index (κ1) is 10.5. The van der Waals surface area contributed by atoms with Crippen LogP contribution in [0.15, 0.2) is 30.3 Å². The molecule has 0 bridgehead atoms. The lowest BCUT2D eigenvalue weighted by Gasteiger charge is -2.04. The molecule has 2 unspecified atom stereocenters. The van der Waals surface area contributed by atoms with Crippen LogP contribution in [-0.4, -0.2) is 11.9 Å². The summed E-state index contributed by atoms with van der Waals surface area (Å²) in [6.07, 6.45) is 0.816. The van der Waals surface area contributed by atoms with E-state index in [-0.39, 0.29) is 17.7 Å². The molecule has 3 amide bonds. The van der Waals surface area contributed by atoms with E-state index in [1.54, 1.807) is 0 Å². The molecule has 84 valence electrons. The summed E-state index contributed by atoms with van der Waals surface area (Å²) in [4.78, 5) is 21.9. The number of amides is 3. The second-order valence-electron chi connectivity index (χ2n) is 3.84. The lowest BCUT2D eigenvalue weighted by atomic mass is 10.1. The number of urea groups is 1. The highest BCUT2D eigenvalue weighted by molar-refractivity contribution is 5.85. The lowest BCUT2D eigenvalue weighted by molar-refractivity contribution is -0.123. The van der Waals surface area contributed by atoms with Crippen molar-refractivity contribution in [3.8, 4) is 0 Å². The monoisotopic (exact) mass is 219 g/mol. The van der Waals surface area contributed by atoms with Gasteiger partial charge < -0.3 is 5.73 Å². The van der Waals surface area contributed by atoms with Gasteiger partial charge >= 0.3 is 6.03 Å². The third-order valence-electron chi connectivity index (χ3n) is 2.66. The second-order valence-corrected chi connectivity index (χ2v) is 3.84. The first-order chi connectivity index (χ1) is 7.68. The Kier molecular flexibility index (Phi) is 2.76. The maximum Gasteiger partial charge on any atom is 0.330 e. The van der Waals surface area contributed by atoms with Crippen molar-refractivity contribution in [2.24, 2.45) is 11.7 Å². The van der Waals surface area contributed by atoms with Crippen molar-refractivity contribution in [2.75, 3.05) is 0 Å². The fourth-order valence-electron chi connectivity index (χ4n) is 1.77. The molecule has 5 heteroatoms. The SMILES string of the molecule is NC(=O)NNC(=O)C1CC1c1ccccc1. The molecule has 1 aliphatic carbocycles. The zero-order chi connectivity index (χ0) is 11.5. The number of carbonyl (C=O) groups is 2. The summed E-state index contributed by atoms with van der Waals surface area (Å²) < 4.78 is 0. The molecule has 0 aliphatic heterocycles. The highest BCUT2D eigenvalue weighted by atomic mass is 16.2. The molecule has 0 aromatic heterocycles. The van der Waals surface area contributed by atoms with Gasteiger partial charge in [0.25, 0.3) is 0 Å². The van der Waals surface area contributed by atoms with Gasteiger partial charge in [-0.3, -0.25) is 10.2 Å². The lowest BCUT2D eigenvalue weighted by Crippen LogP contribution is -2.45. The minimum Gasteiger partial charge on any atom is -0.350 e. The van der Waals surface area contributed by atoms with E-state index in [0.717, 1.165) is 12.0 Å². The standard InChI is InChI=1S/C11H13N3O2/c12-11(16)14-13-10(15)9-6-8(9)7-4-2-1-3-5-7/h1-5,8-9H,6H2,(H,13,15)(H3,12,14,16). The molecular formula is C11H13N3O2. The van der Waals surface area contributed by atoms with Gasteiger partial charge in [0.15, 0.2) is 0 Å². The topological polar surface area (TPSA) is 84.2 Å². The van der Waals surface area contributed by atoms with Crippen molar-refractivity contribution in [3.05, 3.63) is 35.9 Å². The average Bonchev–Trinajstić information content (AvgIpc) is 3.07. The van der Waals surface area contributed by atoms with Crippen LogP contribution in [0.3, 0.4) is 0 Å². The molecule has 0 heterocycles. The fourth-order valence-corrected chi connectivity index (χ4v) is 1.77. The van der Waals surface area contributed by atoms with E-state index >= 15 is 0 Å². The van der Waals surface area contributed by atoms with E-state index in [9.17, 15) is 9.59 Å². The maximum absolute atomic E-state index is 11.5. The van der Waals surface area contributed by atoms with Crippen LogP contribution in [0.25, 0.3) is 0 Å². The zero-order valence-electron chi connectivity index (χ0n) is 8.64. The van der Waals surface area contributed by atoms with E-state index in [4.69, 9.17) is 5.73 Å². The Morgan fingerprint density at radius 1 is 1.19 bits per heavy atom. The van der Waals surface area contributed by atoms with Crippen LogP contribution in [0.2, 0.25) is 0 Å². The number of carbonyl (C=O) groups excluding carboxylic acids is 2. The summed E-state index contributed by atoms with van der Waals surface area (Å²) in [6, 6.07) is 9.08. The predicted octanol–water partition coefficient (Wildman–Crippen LogP) is 0.490. The zero-order valence-corrected chi connectivity index (χ0v) is 8.64. The number of hydrogen-bond acceptors (Lipinski definition) is 2. The Morgan fingerprint density at radius 3 is 2.50 bits per heavy atom. The number of nitrogens with two attached hydrogens (primary N) is 1. The number of hydrogen-bond donors (Lipinski definition) is 3. The average molecular weight is 219 g/mol. The first-order valence-corrected chi connectivity index (χ1v) is 5.08. The van der Waals surface area contributed by atoms with Crippen molar-refractivity contribution in [2.45, 2.75) is 12.3 Å². The summed E-state index contributed by atoms with van der Waals surface area (Å²) in [5, 5.41) is 0. The van der Waals surface area contributed by atoms with Crippen LogP contribution in [0.1, 0.15) is 17.9 Å².